The van der Waals surface area contributed by atoms with E-state index in [0.29, 0.717) is 18.2 Å². The Morgan fingerprint density at radius 1 is 0.974 bits per heavy atom. The Hall–Kier alpha value is -1.78. The third-order valence-corrected chi connectivity index (χ3v) is 8.01. The summed E-state index contributed by atoms with van der Waals surface area (Å²) in [5.41, 5.74) is 21.6. The molecule has 4 nitrogen and oxygen atoms in total. The summed E-state index contributed by atoms with van der Waals surface area (Å²) < 4.78 is 1.97. The molecule has 0 saturated carbocycles. The van der Waals surface area contributed by atoms with Crippen LogP contribution in [0, 0.1) is 0 Å². The van der Waals surface area contributed by atoms with Crippen LogP contribution in [0.5, 0.6) is 0 Å². The van der Waals surface area contributed by atoms with Crippen molar-refractivity contribution in [1.82, 2.24) is 9.55 Å². The van der Waals surface area contributed by atoms with Crippen molar-refractivity contribution in [2.75, 3.05) is 0 Å². The van der Waals surface area contributed by atoms with Crippen LogP contribution in [0.2, 0.25) is 0 Å². The number of aryl methyl sites for hydroxylation is 2. The van der Waals surface area contributed by atoms with Crippen molar-refractivity contribution < 1.29 is 32.7 Å². The van der Waals surface area contributed by atoms with Crippen LogP contribution in [0.15, 0.2) is 28.6 Å². The second-order valence-electron chi connectivity index (χ2n) is 9.73. The maximum absolute atomic E-state index is 13.5. The molecule has 3 heterocycles. The maximum Gasteiger partial charge on any atom is 0.254 e. The van der Waals surface area contributed by atoms with Crippen LogP contribution in [-0.4, -0.2) is 9.55 Å². The third kappa shape index (κ3) is 4.97. The first kappa shape index (κ1) is 30.8. The number of unbranched alkanes of at least 4 members (excludes halogenated alkanes) is 1. The van der Waals surface area contributed by atoms with E-state index in [1.165, 1.54) is 33.4 Å². The Kier molecular flexibility index (Phi) is 10.6. The van der Waals surface area contributed by atoms with Crippen LogP contribution in [0.4, 0.5) is 5.69 Å². The number of hydrogen-bond acceptors (Lipinski definition) is 2. The molecular formula is C33H44N3OY-. The van der Waals surface area contributed by atoms with Crippen molar-refractivity contribution >= 4 is 16.6 Å². The van der Waals surface area contributed by atoms with E-state index in [0.717, 1.165) is 79.2 Å². The smallest absolute Gasteiger partial charge is 0.254 e. The van der Waals surface area contributed by atoms with E-state index in [1.807, 2.05) is 46.1 Å². The Morgan fingerprint density at radius 2 is 1.71 bits per heavy atom. The van der Waals surface area contributed by atoms with Crippen LogP contribution in [0.25, 0.3) is 28.0 Å². The zero-order chi connectivity index (χ0) is 26.9. The van der Waals surface area contributed by atoms with Gasteiger partial charge in [0.25, 0.3) is 5.56 Å². The SMILES string of the molecule is CC.CC.CC.CCCCc1c2c(nc3cc4c(c([NH-])c13)CCC4)-c1cc3c(c(=O)n1C2)CCC1=CC13.[Y]. The zero-order valence-corrected chi connectivity index (χ0v) is 27.4. The molecule has 1 unspecified atom stereocenters. The number of hydrogen-bond donors (Lipinski definition) is 0. The van der Waals surface area contributed by atoms with Gasteiger partial charge in [-0.1, -0.05) is 72.1 Å². The fraction of sp³-hybridized carbons (Fsp3) is 0.515. The van der Waals surface area contributed by atoms with Gasteiger partial charge in [0.05, 0.1) is 23.4 Å². The normalized spacial score (nSPS) is 16.4. The van der Waals surface area contributed by atoms with Crippen LogP contribution in [0.1, 0.15) is 113 Å². The van der Waals surface area contributed by atoms with Crippen molar-refractivity contribution in [3.8, 4) is 11.4 Å². The molecule has 38 heavy (non-hydrogen) atoms. The standard InChI is InChI=1S/C27H26N3O.3C2H6.Y/c1-2-3-6-17-21-13-30-23(12-20-18(27(30)31)9-8-15-10-19(15)20)26(21)29-22-11-14-5-4-7-16(14)25(28)24(17)22;3*1-2;/h10-12,19H,2-9,13H2,1H3,(H-,28,29);3*1-2H3;/q-1;;;;. The first-order chi connectivity index (χ1) is 18.2. The molecule has 2 aromatic heterocycles. The minimum absolute atomic E-state index is 0. The van der Waals surface area contributed by atoms with Crippen molar-refractivity contribution in [3.05, 3.63) is 73.3 Å². The molecular weight excluding hydrogens is 543 g/mol. The summed E-state index contributed by atoms with van der Waals surface area (Å²) in [4.78, 5) is 18.6. The molecule has 3 aliphatic carbocycles. The fourth-order valence-corrected chi connectivity index (χ4v) is 6.33. The van der Waals surface area contributed by atoms with Gasteiger partial charge >= 0.3 is 0 Å². The predicted molar refractivity (Wildman–Crippen MR) is 158 cm³/mol. The van der Waals surface area contributed by atoms with Gasteiger partial charge in [0.2, 0.25) is 0 Å². The first-order valence-electron chi connectivity index (χ1n) is 14.8. The molecule has 1 aliphatic heterocycles. The molecule has 201 valence electrons. The summed E-state index contributed by atoms with van der Waals surface area (Å²) >= 11 is 0. The second kappa shape index (κ2) is 13.1. The summed E-state index contributed by atoms with van der Waals surface area (Å²) in [5.74, 6) is 0.398. The van der Waals surface area contributed by atoms with Crippen LogP contribution < -0.4 is 5.56 Å². The Balaban J connectivity index is 0.000000537. The number of nitrogens with zero attached hydrogens (tertiary/aromatic N) is 2. The predicted octanol–water partition coefficient (Wildman–Crippen LogP) is 8.99. The number of rotatable bonds is 3. The molecule has 1 aromatic carbocycles. The van der Waals surface area contributed by atoms with Crippen molar-refractivity contribution in [2.24, 2.45) is 0 Å². The molecule has 5 heteroatoms. The van der Waals surface area contributed by atoms with E-state index in [1.54, 1.807) is 0 Å². The van der Waals surface area contributed by atoms with Gasteiger partial charge in [0.15, 0.2) is 0 Å². The minimum atomic E-state index is 0. The largest absolute Gasteiger partial charge is 0.698 e. The zero-order valence-electron chi connectivity index (χ0n) is 24.6. The molecule has 0 bridgehead atoms. The number of nitrogens with one attached hydrogen (secondary N) is 1. The summed E-state index contributed by atoms with van der Waals surface area (Å²) in [7, 11) is 0. The van der Waals surface area contributed by atoms with Crippen molar-refractivity contribution in [2.45, 2.75) is 112 Å². The fourth-order valence-electron chi connectivity index (χ4n) is 6.33. The average Bonchev–Trinajstić information content (AvgIpc) is 3.45. The van der Waals surface area contributed by atoms with Gasteiger partial charge in [-0.25, -0.2) is 4.98 Å². The molecule has 0 spiro atoms. The minimum Gasteiger partial charge on any atom is -0.698 e. The Labute approximate surface area is 254 Å². The third-order valence-electron chi connectivity index (χ3n) is 8.01. The van der Waals surface area contributed by atoms with E-state index in [-0.39, 0.29) is 38.3 Å². The Bertz CT molecular complexity index is 1420. The van der Waals surface area contributed by atoms with Crippen LogP contribution in [0.3, 0.4) is 0 Å². The molecule has 1 N–H and O–H groups in total. The van der Waals surface area contributed by atoms with Gasteiger partial charge in [-0.3, -0.25) is 4.79 Å². The van der Waals surface area contributed by atoms with Crippen LogP contribution >= 0.6 is 0 Å². The first-order valence-corrected chi connectivity index (χ1v) is 14.8. The quantitative estimate of drug-likeness (QED) is 0.225. The number of benzene rings is 1. The second-order valence-corrected chi connectivity index (χ2v) is 9.73. The Morgan fingerprint density at radius 3 is 2.42 bits per heavy atom. The summed E-state index contributed by atoms with van der Waals surface area (Å²) in [5, 5.41) is 1.05. The molecule has 0 amide bonds. The summed E-state index contributed by atoms with van der Waals surface area (Å²) in [6, 6.07) is 4.50. The van der Waals surface area contributed by atoms with Crippen molar-refractivity contribution in [3.63, 3.8) is 0 Å². The van der Waals surface area contributed by atoms with E-state index in [2.05, 4.69) is 25.1 Å². The molecule has 0 fully saturated rings. The topological polar surface area (TPSA) is 58.7 Å². The van der Waals surface area contributed by atoms with Gasteiger partial charge in [-0.05, 0) is 79.2 Å². The monoisotopic (exact) mass is 587 g/mol. The average molecular weight is 588 g/mol. The molecule has 0 saturated heterocycles. The van der Waals surface area contributed by atoms with Crippen LogP contribution in [-0.2, 0) is 64.9 Å². The van der Waals surface area contributed by atoms with E-state index < -0.39 is 0 Å². The number of allylic oxidation sites excluding steroid dienone is 2. The molecule has 1 atom stereocenters. The molecule has 1 radical (unpaired) electrons. The van der Waals surface area contributed by atoms with E-state index >= 15 is 0 Å². The van der Waals surface area contributed by atoms with Gasteiger partial charge < -0.3 is 10.3 Å². The van der Waals surface area contributed by atoms with Gasteiger partial charge in [0.1, 0.15) is 0 Å². The van der Waals surface area contributed by atoms with Gasteiger partial charge in [-0.2, -0.15) is 0 Å². The number of fused-ring (bicyclic) bond motifs is 8. The maximum atomic E-state index is 13.5. The molecule has 3 aromatic rings. The van der Waals surface area contributed by atoms with Crippen molar-refractivity contribution in [1.29, 1.82) is 0 Å². The number of pyridine rings is 2. The summed E-state index contributed by atoms with van der Waals surface area (Å²) in [6.07, 6.45) is 10.6. The number of aromatic nitrogens is 2. The molecule has 4 aliphatic rings. The van der Waals surface area contributed by atoms with Gasteiger partial charge in [-0.15, -0.1) is 5.69 Å². The van der Waals surface area contributed by atoms with Gasteiger partial charge in [0, 0.05) is 49.8 Å². The summed E-state index contributed by atoms with van der Waals surface area (Å²) in [6.45, 7) is 14.8. The van der Waals surface area contributed by atoms with E-state index in [9.17, 15) is 4.79 Å². The van der Waals surface area contributed by atoms with E-state index in [4.69, 9.17) is 10.7 Å². The molecule has 7 rings (SSSR count).